The third-order valence-corrected chi connectivity index (χ3v) is 6.27. The number of para-hydroxylation sites is 1. The Bertz CT molecular complexity index is 1500. The van der Waals surface area contributed by atoms with Gasteiger partial charge in [0.2, 0.25) is 0 Å². The molecule has 5 rings (SSSR count). The van der Waals surface area contributed by atoms with Crippen LogP contribution >= 0.6 is 0 Å². The topological polar surface area (TPSA) is 78.3 Å². The van der Waals surface area contributed by atoms with Gasteiger partial charge in [0, 0.05) is 13.1 Å². The Morgan fingerprint density at radius 2 is 1.78 bits per heavy atom. The van der Waals surface area contributed by atoms with Crippen LogP contribution in [-0.2, 0) is 18.9 Å². The number of methoxy groups -OCH3 is 1. The average molecular weight is 527 g/mol. The first kappa shape index (κ1) is 24.7. The second kappa shape index (κ2) is 8.85. The summed E-state index contributed by atoms with van der Waals surface area (Å²) in [7, 11) is 1.38. The van der Waals surface area contributed by atoms with Crippen LogP contribution in [0.3, 0.4) is 0 Å². The summed E-state index contributed by atoms with van der Waals surface area (Å²) < 4.78 is 92.3. The first-order valence-electron chi connectivity index (χ1n) is 11.1. The highest BCUT2D eigenvalue weighted by Gasteiger charge is 2.40. The maximum absolute atomic E-state index is 13.7. The van der Waals surface area contributed by atoms with Gasteiger partial charge in [0.15, 0.2) is 0 Å². The molecule has 4 aromatic rings. The van der Waals surface area contributed by atoms with E-state index in [4.69, 9.17) is 9.15 Å². The molecule has 1 fully saturated rings. The fraction of sp³-hybridized carbons (Fsp3) is 0.348. The van der Waals surface area contributed by atoms with Crippen molar-refractivity contribution in [2.45, 2.75) is 31.4 Å². The summed E-state index contributed by atoms with van der Waals surface area (Å²) in [6.07, 6.45) is -9.06. The number of halogens is 6. The summed E-state index contributed by atoms with van der Waals surface area (Å²) in [5.41, 5.74) is -0.808. The minimum Gasteiger partial charge on any atom is -0.494 e. The number of fused-ring (bicyclic) bond motifs is 1. The van der Waals surface area contributed by atoms with Crippen molar-refractivity contribution in [3.63, 3.8) is 0 Å². The van der Waals surface area contributed by atoms with Gasteiger partial charge in [0.05, 0.1) is 30.8 Å². The number of imidazole rings is 1. The molecule has 0 spiro atoms. The zero-order chi connectivity index (χ0) is 26.5. The zero-order valence-corrected chi connectivity index (χ0v) is 19.2. The third-order valence-electron chi connectivity index (χ3n) is 6.27. The SMILES string of the molecule is COc1cccc2c1n(Cc1ccccc1C(F)(F)F)c(=O)n2C1CCN(c2nnc(C(F)(F)F)o2)C1. The fourth-order valence-corrected chi connectivity index (χ4v) is 4.66. The minimum absolute atomic E-state index is 0.0782. The average Bonchev–Trinajstić information content (AvgIpc) is 3.57. The van der Waals surface area contributed by atoms with Gasteiger partial charge in [-0.15, -0.1) is 5.10 Å². The number of rotatable bonds is 5. The zero-order valence-electron chi connectivity index (χ0n) is 19.2. The molecule has 0 saturated carbocycles. The van der Waals surface area contributed by atoms with Gasteiger partial charge in [-0.3, -0.25) is 9.13 Å². The van der Waals surface area contributed by atoms with E-state index >= 15 is 0 Å². The molecule has 0 amide bonds. The van der Waals surface area contributed by atoms with Gasteiger partial charge in [-0.05, 0) is 30.2 Å². The van der Waals surface area contributed by atoms with Crippen LogP contribution in [0.1, 0.15) is 29.5 Å². The van der Waals surface area contributed by atoms with E-state index in [0.717, 1.165) is 6.07 Å². The molecule has 3 heterocycles. The number of hydrogen-bond donors (Lipinski definition) is 0. The fourth-order valence-electron chi connectivity index (χ4n) is 4.66. The highest BCUT2D eigenvalue weighted by Crippen LogP contribution is 2.36. The van der Waals surface area contributed by atoms with Crippen molar-refractivity contribution in [2.24, 2.45) is 0 Å². The number of hydrogen-bond acceptors (Lipinski definition) is 6. The van der Waals surface area contributed by atoms with Crippen molar-refractivity contribution >= 4 is 17.0 Å². The molecule has 14 heteroatoms. The summed E-state index contributed by atoms with van der Waals surface area (Å²) in [5, 5.41) is 6.50. The van der Waals surface area contributed by atoms with Crippen LogP contribution in [0.5, 0.6) is 5.75 Å². The Morgan fingerprint density at radius 3 is 2.46 bits per heavy atom. The number of nitrogens with zero attached hydrogens (tertiary/aromatic N) is 5. The highest BCUT2D eigenvalue weighted by atomic mass is 19.4. The van der Waals surface area contributed by atoms with Gasteiger partial charge in [0.1, 0.15) is 11.3 Å². The number of ether oxygens (including phenoxy) is 1. The first-order chi connectivity index (χ1) is 17.5. The summed E-state index contributed by atoms with van der Waals surface area (Å²) in [6, 6.07) is 9.01. The van der Waals surface area contributed by atoms with Gasteiger partial charge in [0.25, 0.3) is 0 Å². The van der Waals surface area contributed by atoms with Crippen molar-refractivity contribution in [2.75, 3.05) is 25.1 Å². The molecular weight excluding hydrogens is 508 g/mol. The van der Waals surface area contributed by atoms with E-state index in [1.54, 1.807) is 18.2 Å². The predicted octanol–water partition coefficient (Wildman–Crippen LogP) is 4.73. The summed E-state index contributed by atoms with van der Waals surface area (Å²) in [4.78, 5) is 15.1. The predicted molar refractivity (Wildman–Crippen MR) is 118 cm³/mol. The second-order valence-corrected chi connectivity index (χ2v) is 8.50. The standard InChI is InChI=1S/C23H19F6N5O3/c1-36-17-8-4-7-16-18(17)33(11-13-5-2-3-6-15(13)22(24,25)26)21(35)34(16)14-9-10-32(12-14)20-31-30-19(37-20)23(27,28)29/h2-8,14H,9-12H2,1H3. The number of alkyl halides is 6. The summed E-state index contributed by atoms with van der Waals surface area (Å²) in [5.74, 6) is -1.19. The Morgan fingerprint density at radius 1 is 1.03 bits per heavy atom. The van der Waals surface area contributed by atoms with Crippen LogP contribution in [0.25, 0.3) is 11.0 Å². The van der Waals surface area contributed by atoms with Crippen LogP contribution in [0.2, 0.25) is 0 Å². The first-order valence-corrected chi connectivity index (χ1v) is 11.1. The number of anilines is 1. The summed E-state index contributed by atoms with van der Waals surface area (Å²) in [6.45, 7) is -0.0631. The molecule has 1 unspecified atom stereocenters. The van der Waals surface area contributed by atoms with Gasteiger partial charge in [-0.1, -0.05) is 29.4 Å². The molecule has 1 aliphatic heterocycles. The van der Waals surface area contributed by atoms with E-state index in [-0.39, 0.29) is 31.2 Å². The van der Waals surface area contributed by atoms with Gasteiger partial charge in [-0.25, -0.2) is 4.79 Å². The lowest BCUT2D eigenvalue weighted by atomic mass is 10.1. The van der Waals surface area contributed by atoms with E-state index in [1.165, 1.54) is 39.3 Å². The molecule has 0 bridgehead atoms. The molecule has 1 atom stereocenters. The van der Waals surface area contributed by atoms with Crippen LogP contribution in [0, 0.1) is 0 Å². The minimum atomic E-state index is -4.79. The van der Waals surface area contributed by atoms with Crippen LogP contribution in [-0.4, -0.2) is 39.5 Å². The number of aromatic nitrogens is 4. The Kier molecular flexibility index (Phi) is 5.91. The van der Waals surface area contributed by atoms with E-state index in [2.05, 4.69) is 10.2 Å². The molecule has 8 nitrogen and oxygen atoms in total. The second-order valence-electron chi connectivity index (χ2n) is 8.50. The molecule has 196 valence electrons. The number of benzene rings is 2. The Balaban J connectivity index is 1.56. The lowest BCUT2D eigenvalue weighted by Crippen LogP contribution is -2.30. The molecule has 37 heavy (non-hydrogen) atoms. The highest BCUT2D eigenvalue weighted by molar-refractivity contribution is 5.83. The lowest BCUT2D eigenvalue weighted by Gasteiger charge is -2.14. The smallest absolute Gasteiger partial charge is 0.470 e. The molecule has 2 aromatic carbocycles. The molecule has 1 saturated heterocycles. The van der Waals surface area contributed by atoms with E-state index < -0.39 is 35.5 Å². The Hall–Kier alpha value is -3.97. The van der Waals surface area contributed by atoms with Gasteiger partial charge >= 0.3 is 29.9 Å². The van der Waals surface area contributed by atoms with E-state index in [1.807, 2.05) is 0 Å². The molecular formula is C23H19F6N5O3. The van der Waals surface area contributed by atoms with Crippen LogP contribution in [0.15, 0.2) is 51.7 Å². The van der Waals surface area contributed by atoms with Crippen LogP contribution in [0.4, 0.5) is 32.4 Å². The quantitative estimate of drug-likeness (QED) is 0.349. The molecule has 0 radical (unpaired) electrons. The largest absolute Gasteiger partial charge is 0.494 e. The van der Waals surface area contributed by atoms with Crippen molar-refractivity contribution in [1.82, 2.24) is 19.3 Å². The molecule has 0 N–H and O–H groups in total. The summed E-state index contributed by atoms with van der Waals surface area (Å²) >= 11 is 0. The molecule has 0 aliphatic carbocycles. The van der Waals surface area contributed by atoms with Crippen molar-refractivity contribution in [1.29, 1.82) is 0 Å². The normalized spacial score (nSPS) is 16.6. The van der Waals surface area contributed by atoms with Crippen LogP contribution < -0.4 is 15.3 Å². The van der Waals surface area contributed by atoms with Crippen molar-refractivity contribution in [3.8, 4) is 5.75 Å². The molecule has 1 aliphatic rings. The third kappa shape index (κ3) is 4.40. The maximum Gasteiger partial charge on any atom is 0.470 e. The van der Waals surface area contributed by atoms with Crippen molar-refractivity contribution in [3.05, 3.63) is 70.0 Å². The van der Waals surface area contributed by atoms with E-state index in [0.29, 0.717) is 23.2 Å². The molecule has 2 aromatic heterocycles. The van der Waals surface area contributed by atoms with Crippen molar-refractivity contribution < 1.29 is 35.5 Å². The van der Waals surface area contributed by atoms with Gasteiger partial charge in [-0.2, -0.15) is 26.3 Å². The maximum atomic E-state index is 13.7. The van der Waals surface area contributed by atoms with E-state index in [9.17, 15) is 31.1 Å². The Labute approximate surface area is 204 Å². The van der Waals surface area contributed by atoms with Gasteiger partial charge < -0.3 is 14.1 Å². The lowest BCUT2D eigenvalue weighted by molar-refractivity contribution is -0.157. The monoisotopic (exact) mass is 527 g/mol.